The number of nitrogens with two attached hydrogens (primary N) is 1. The molecule has 3 amide bonds. The van der Waals surface area contributed by atoms with E-state index in [0.29, 0.717) is 36.3 Å². The Balaban J connectivity index is 1.39. The number of carbonyl (C=O) groups is 3. The highest BCUT2D eigenvalue weighted by molar-refractivity contribution is 5.98. The normalized spacial score (nSPS) is 15.6. The van der Waals surface area contributed by atoms with Gasteiger partial charge in [0.25, 0.3) is 6.36 Å². The average molecular weight is 506 g/mol. The van der Waals surface area contributed by atoms with Crippen LogP contribution in [0.5, 0.6) is 5.75 Å². The Hall–Kier alpha value is -4.40. The van der Waals surface area contributed by atoms with Gasteiger partial charge in [-0.15, -0.1) is 0 Å². The second-order valence-corrected chi connectivity index (χ2v) is 8.63. The molecular formula is C28H28FN3O5. The maximum absolute atomic E-state index is 15.1. The van der Waals surface area contributed by atoms with Crippen molar-refractivity contribution < 1.29 is 28.2 Å². The fraction of sp³-hybridized carbons (Fsp3) is 0.250. The summed E-state index contributed by atoms with van der Waals surface area (Å²) in [4.78, 5) is 39.6. The van der Waals surface area contributed by atoms with Crippen molar-refractivity contribution in [2.24, 2.45) is 5.73 Å². The molecule has 37 heavy (non-hydrogen) atoms. The van der Waals surface area contributed by atoms with Gasteiger partial charge in [-0.2, -0.15) is 4.39 Å². The number of alkyl halides is 1. The summed E-state index contributed by atoms with van der Waals surface area (Å²) in [6, 6.07) is 20.6. The fourth-order valence-corrected chi connectivity index (χ4v) is 4.39. The van der Waals surface area contributed by atoms with Gasteiger partial charge in [0.2, 0.25) is 5.91 Å². The Labute approximate surface area is 214 Å². The summed E-state index contributed by atoms with van der Waals surface area (Å²) >= 11 is 0. The number of nitrogens with zero attached hydrogens (tertiary/aromatic N) is 2. The van der Waals surface area contributed by atoms with E-state index in [4.69, 9.17) is 10.5 Å². The zero-order valence-electron chi connectivity index (χ0n) is 20.4. The Morgan fingerprint density at radius 3 is 2.27 bits per heavy atom. The Morgan fingerprint density at radius 2 is 1.65 bits per heavy atom. The zero-order valence-corrected chi connectivity index (χ0v) is 20.4. The first kappa shape index (κ1) is 25.7. The van der Waals surface area contributed by atoms with Crippen molar-refractivity contribution in [2.75, 3.05) is 18.6 Å². The standard InChI is InChI=1S/C28H28FN3O5/c1-36-27(34)20-11-15-23(16-12-20)37-26(29)24-8-5-17-31(24)25(33)18-19-9-13-22(14-10-19)32(28(30)35)21-6-3-2-4-7-21/h2-4,6-7,9-16,24,26H,5,8,17-18H2,1H3,(H2,30,35)/t24-,26?/m0/s1. The third-order valence-electron chi connectivity index (χ3n) is 6.23. The minimum Gasteiger partial charge on any atom is -0.465 e. The van der Waals surface area contributed by atoms with Crippen molar-refractivity contribution in [1.29, 1.82) is 0 Å². The number of likely N-dealkylation sites (tertiary alicyclic amines) is 1. The molecule has 4 rings (SSSR count). The van der Waals surface area contributed by atoms with Gasteiger partial charge in [0.15, 0.2) is 0 Å². The van der Waals surface area contributed by atoms with Crippen LogP contribution in [-0.2, 0) is 16.0 Å². The summed E-state index contributed by atoms with van der Waals surface area (Å²) in [7, 11) is 1.28. The third kappa shape index (κ3) is 6.06. The van der Waals surface area contributed by atoms with Gasteiger partial charge < -0.3 is 20.1 Å². The fourth-order valence-electron chi connectivity index (χ4n) is 4.39. The topological polar surface area (TPSA) is 102 Å². The third-order valence-corrected chi connectivity index (χ3v) is 6.23. The van der Waals surface area contributed by atoms with Crippen LogP contribution in [0.25, 0.3) is 0 Å². The molecule has 1 aliphatic rings. The Bertz CT molecular complexity index is 1230. The zero-order chi connectivity index (χ0) is 26.4. The van der Waals surface area contributed by atoms with Gasteiger partial charge in [0, 0.05) is 6.54 Å². The van der Waals surface area contributed by atoms with Crippen LogP contribution in [0.4, 0.5) is 20.6 Å². The van der Waals surface area contributed by atoms with Gasteiger partial charge in [0.05, 0.1) is 36.5 Å². The highest BCUT2D eigenvalue weighted by Gasteiger charge is 2.36. The number of hydrogen-bond donors (Lipinski definition) is 1. The van der Waals surface area contributed by atoms with E-state index in [0.717, 1.165) is 5.56 Å². The molecule has 9 heteroatoms. The first-order valence-corrected chi connectivity index (χ1v) is 11.9. The molecule has 0 spiro atoms. The number of amides is 3. The van der Waals surface area contributed by atoms with Crippen molar-refractivity contribution in [3.05, 3.63) is 90.0 Å². The van der Waals surface area contributed by atoms with E-state index >= 15 is 4.39 Å². The Kier molecular flexibility index (Phi) is 8.02. The molecule has 1 heterocycles. The smallest absolute Gasteiger partial charge is 0.337 e. The highest BCUT2D eigenvalue weighted by atomic mass is 19.1. The summed E-state index contributed by atoms with van der Waals surface area (Å²) in [5.41, 5.74) is 7.85. The molecule has 1 fully saturated rings. The van der Waals surface area contributed by atoms with Crippen LogP contribution in [0.2, 0.25) is 0 Å². The lowest BCUT2D eigenvalue weighted by Gasteiger charge is -2.27. The van der Waals surface area contributed by atoms with Crippen LogP contribution >= 0.6 is 0 Å². The van der Waals surface area contributed by atoms with Crippen LogP contribution in [-0.4, -0.2) is 48.9 Å². The van der Waals surface area contributed by atoms with Gasteiger partial charge in [-0.1, -0.05) is 30.3 Å². The van der Waals surface area contributed by atoms with E-state index < -0.39 is 24.4 Å². The number of ether oxygens (including phenoxy) is 2. The van der Waals surface area contributed by atoms with E-state index in [-0.39, 0.29) is 18.1 Å². The predicted octanol–water partition coefficient (Wildman–Crippen LogP) is 4.60. The van der Waals surface area contributed by atoms with Crippen molar-refractivity contribution in [3.8, 4) is 5.75 Å². The van der Waals surface area contributed by atoms with Crippen molar-refractivity contribution in [1.82, 2.24) is 4.90 Å². The summed E-state index contributed by atoms with van der Waals surface area (Å²) in [6.07, 6.45) is -0.478. The summed E-state index contributed by atoms with van der Waals surface area (Å²) in [5.74, 6) is -0.448. The van der Waals surface area contributed by atoms with E-state index in [1.807, 2.05) is 18.2 Å². The Morgan fingerprint density at radius 1 is 1.00 bits per heavy atom. The van der Waals surface area contributed by atoms with Gasteiger partial charge >= 0.3 is 12.0 Å². The van der Waals surface area contributed by atoms with E-state index in [1.165, 1.54) is 41.2 Å². The molecule has 3 aromatic rings. The number of benzene rings is 3. The molecule has 0 saturated carbocycles. The molecular weight excluding hydrogens is 477 g/mol. The number of methoxy groups -OCH3 is 1. The van der Waals surface area contributed by atoms with Gasteiger partial charge in [-0.05, 0) is 66.9 Å². The maximum Gasteiger partial charge on any atom is 0.337 e. The number of esters is 1. The second kappa shape index (κ2) is 11.6. The largest absolute Gasteiger partial charge is 0.465 e. The highest BCUT2D eigenvalue weighted by Crippen LogP contribution is 2.28. The van der Waals surface area contributed by atoms with Crippen molar-refractivity contribution in [3.63, 3.8) is 0 Å². The number of halogens is 1. The molecule has 0 aromatic heterocycles. The SMILES string of the molecule is COC(=O)c1ccc(OC(F)[C@@H]2CCCN2C(=O)Cc2ccc(N(C(N)=O)c3ccccc3)cc2)cc1. The molecule has 0 radical (unpaired) electrons. The van der Waals surface area contributed by atoms with Crippen LogP contribution < -0.4 is 15.4 Å². The molecule has 192 valence electrons. The molecule has 0 bridgehead atoms. The van der Waals surface area contributed by atoms with Gasteiger partial charge in [0.1, 0.15) is 5.75 Å². The second-order valence-electron chi connectivity index (χ2n) is 8.63. The number of anilines is 2. The van der Waals surface area contributed by atoms with Gasteiger partial charge in [-0.3, -0.25) is 9.69 Å². The number of para-hydroxylation sites is 1. The maximum atomic E-state index is 15.1. The molecule has 2 N–H and O–H groups in total. The lowest BCUT2D eigenvalue weighted by atomic mass is 10.1. The lowest BCUT2D eigenvalue weighted by molar-refractivity contribution is -0.135. The monoisotopic (exact) mass is 505 g/mol. The average Bonchev–Trinajstić information content (AvgIpc) is 3.41. The first-order chi connectivity index (χ1) is 17.9. The van der Waals surface area contributed by atoms with Crippen LogP contribution in [0.15, 0.2) is 78.9 Å². The van der Waals surface area contributed by atoms with E-state index in [2.05, 4.69) is 4.74 Å². The molecule has 1 aliphatic heterocycles. The van der Waals surface area contributed by atoms with Crippen LogP contribution in [0.1, 0.15) is 28.8 Å². The number of carbonyl (C=O) groups excluding carboxylic acids is 3. The minimum atomic E-state index is -1.72. The van der Waals surface area contributed by atoms with Crippen LogP contribution in [0, 0.1) is 0 Å². The summed E-state index contributed by atoms with van der Waals surface area (Å²) in [6.45, 7) is 0.441. The number of urea groups is 1. The minimum absolute atomic E-state index is 0.0826. The summed E-state index contributed by atoms with van der Waals surface area (Å²) in [5, 5.41) is 0. The van der Waals surface area contributed by atoms with E-state index in [1.54, 1.807) is 36.4 Å². The van der Waals surface area contributed by atoms with Crippen LogP contribution in [0.3, 0.4) is 0 Å². The quantitative estimate of drug-likeness (QED) is 0.451. The van der Waals surface area contributed by atoms with Gasteiger partial charge in [-0.25, -0.2) is 9.59 Å². The number of rotatable bonds is 8. The first-order valence-electron chi connectivity index (χ1n) is 11.9. The molecule has 1 saturated heterocycles. The summed E-state index contributed by atoms with van der Waals surface area (Å²) < 4.78 is 25.2. The molecule has 2 atom stereocenters. The van der Waals surface area contributed by atoms with Crippen molar-refractivity contribution in [2.45, 2.75) is 31.7 Å². The number of hydrogen-bond acceptors (Lipinski definition) is 5. The van der Waals surface area contributed by atoms with Crippen molar-refractivity contribution >= 4 is 29.3 Å². The molecule has 3 aromatic carbocycles. The predicted molar refractivity (Wildman–Crippen MR) is 136 cm³/mol. The molecule has 0 aliphatic carbocycles. The molecule has 1 unspecified atom stereocenters. The lowest BCUT2D eigenvalue weighted by Crippen LogP contribution is -2.44. The number of primary amides is 1. The van der Waals surface area contributed by atoms with E-state index in [9.17, 15) is 14.4 Å². The molecule has 8 nitrogen and oxygen atoms in total.